The maximum absolute atomic E-state index is 12.8. The summed E-state index contributed by atoms with van der Waals surface area (Å²) in [5.41, 5.74) is 1.39. The van der Waals surface area contributed by atoms with E-state index in [9.17, 15) is 14.4 Å². The average molecular weight is 370 g/mol. The van der Waals surface area contributed by atoms with E-state index >= 15 is 0 Å². The molecule has 26 heavy (non-hydrogen) atoms. The number of carbonyl (C=O) groups excluding carboxylic acids is 2. The summed E-state index contributed by atoms with van der Waals surface area (Å²) in [6.45, 7) is 5.51. The number of aryl methyl sites for hydroxylation is 1. The predicted octanol–water partition coefficient (Wildman–Crippen LogP) is 1.82. The van der Waals surface area contributed by atoms with Crippen LogP contribution in [0.1, 0.15) is 5.56 Å². The molecular formula is C18H18N4O3S. The van der Waals surface area contributed by atoms with Gasteiger partial charge in [-0.3, -0.25) is 14.4 Å². The number of anilines is 2. The molecule has 0 atom stereocenters. The lowest BCUT2D eigenvalue weighted by Crippen LogP contribution is -2.42. The number of hydrogen-bond donors (Lipinski definition) is 1. The fourth-order valence-electron chi connectivity index (χ4n) is 2.63. The SMILES string of the molecule is C=CCN1C(=O)CSc2cnn(CC(=O)Nc3ccccc3C)c(=O)c21. The summed E-state index contributed by atoms with van der Waals surface area (Å²) < 4.78 is 1.07. The molecule has 134 valence electrons. The maximum Gasteiger partial charge on any atom is 0.292 e. The number of nitrogens with one attached hydrogen (secondary N) is 1. The topological polar surface area (TPSA) is 84.3 Å². The zero-order valence-electron chi connectivity index (χ0n) is 14.3. The molecule has 3 rings (SSSR count). The molecule has 2 heterocycles. The molecule has 1 aliphatic heterocycles. The van der Waals surface area contributed by atoms with Crippen molar-refractivity contribution in [2.45, 2.75) is 18.4 Å². The molecule has 2 aromatic rings. The number of thioether (sulfide) groups is 1. The summed E-state index contributed by atoms with van der Waals surface area (Å²) in [5, 5.41) is 6.84. The summed E-state index contributed by atoms with van der Waals surface area (Å²) in [5.74, 6) is -0.278. The van der Waals surface area contributed by atoms with Crippen molar-refractivity contribution in [2.75, 3.05) is 22.5 Å². The van der Waals surface area contributed by atoms with Crippen LogP contribution >= 0.6 is 11.8 Å². The summed E-state index contributed by atoms with van der Waals surface area (Å²) in [7, 11) is 0. The third kappa shape index (κ3) is 3.55. The minimum atomic E-state index is -0.468. The molecule has 0 unspecified atom stereocenters. The van der Waals surface area contributed by atoms with Gasteiger partial charge in [-0.1, -0.05) is 24.3 Å². The van der Waals surface area contributed by atoms with Crippen molar-refractivity contribution < 1.29 is 9.59 Å². The standard InChI is InChI=1S/C18H18N4O3S/c1-3-8-21-16(24)11-26-14-9-19-22(18(25)17(14)21)10-15(23)20-13-7-5-4-6-12(13)2/h3-7,9H,1,8,10-11H2,2H3,(H,20,23). The van der Waals surface area contributed by atoms with Gasteiger partial charge in [0, 0.05) is 12.2 Å². The monoisotopic (exact) mass is 370 g/mol. The van der Waals surface area contributed by atoms with E-state index in [0.29, 0.717) is 10.6 Å². The number of amides is 2. The lowest BCUT2D eigenvalue weighted by Gasteiger charge is -2.27. The van der Waals surface area contributed by atoms with E-state index < -0.39 is 5.56 Å². The maximum atomic E-state index is 12.8. The zero-order chi connectivity index (χ0) is 18.7. The second-order valence-corrected chi connectivity index (χ2v) is 6.78. The van der Waals surface area contributed by atoms with Crippen LogP contribution in [0.2, 0.25) is 0 Å². The Morgan fingerprint density at radius 2 is 2.15 bits per heavy atom. The summed E-state index contributed by atoms with van der Waals surface area (Å²) >= 11 is 1.27. The van der Waals surface area contributed by atoms with Gasteiger partial charge in [-0.05, 0) is 18.6 Å². The molecule has 0 saturated carbocycles. The molecule has 0 fully saturated rings. The molecule has 8 heteroatoms. The van der Waals surface area contributed by atoms with E-state index in [1.165, 1.54) is 22.9 Å². The third-order valence-corrected chi connectivity index (χ3v) is 4.93. The lowest BCUT2D eigenvalue weighted by atomic mass is 10.2. The summed E-state index contributed by atoms with van der Waals surface area (Å²) in [4.78, 5) is 39.2. The van der Waals surface area contributed by atoms with Crippen molar-refractivity contribution in [3.05, 3.63) is 59.0 Å². The quantitative estimate of drug-likeness (QED) is 0.812. The van der Waals surface area contributed by atoms with Crippen LogP contribution in [0, 0.1) is 6.92 Å². The molecule has 1 aliphatic rings. The highest BCUT2D eigenvalue weighted by molar-refractivity contribution is 8.00. The van der Waals surface area contributed by atoms with Crippen LogP contribution in [0.3, 0.4) is 0 Å². The van der Waals surface area contributed by atoms with Crippen molar-refractivity contribution in [3.8, 4) is 0 Å². The van der Waals surface area contributed by atoms with Gasteiger partial charge in [0.1, 0.15) is 12.2 Å². The van der Waals surface area contributed by atoms with Crippen molar-refractivity contribution >= 4 is 35.0 Å². The number of rotatable bonds is 5. The number of para-hydroxylation sites is 1. The first-order valence-electron chi connectivity index (χ1n) is 8.01. The molecular weight excluding hydrogens is 352 g/mol. The van der Waals surface area contributed by atoms with Gasteiger partial charge >= 0.3 is 0 Å². The van der Waals surface area contributed by atoms with E-state index in [-0.39, 0.29) is 36.3 Å². The number of hydrogen-bond acceptors (Lipinski definition) is 5. The Morgan fingerprint density at radius 1 is 1.38 bits per heavy atom. The lowest BCUT2D eigenvalue weighted by molar-refractivity contribution is -0.117. The highest BCUT2D eigenvalue weighted by Gasteiger charge is 2.28. The van der Waals surface area contributed by atoms with Crippen LogP contribution in [0.4, 0.5) is 11.4 Å². The second-order valence-electron chi connectivity index (χ2n) is 5.77. The van der Waals surface area contributed by atoms with Crippen molar-refractivity contribution in [3.63, 3.8) is 0 Å². The molecule has 0 saturated heterocycles. The van der Waals surface area contributed by atoms with Crippen molar-refractivity contribution in [1.82, 2.24) is 9.78 Å². The van der Waals surface area contributed by atoms with E-state index in [1.807, 2.05) is 25.1 Å². The van der Waals surface area contributed by atoms with Crippen LogP contribution in [0.5, 0.6) is 0 Å². The first-order valence-corrected chi connectivity index (χ1v) is 8.99. The molecule has 2 amide bonds. The van der Waals surface area contributed by atoms with Crippen molar-refractivity contribution in [1.29, 1.82) is 0 Å². The minimum Gasteiger partial charge on any atom is -0.324 e. The number of benzene rings is 1. The largest absolute Gasteiger partial charge is 0.324 e. The Morgan fingerprint density at radius 3 is 2.88 bits per heavy atom. The van der Waals surface area contributed by atoms with Crippen molar-refractivity contribution in [2.24, 2.45) is 0 Å². The first kappa shape index (κ1) is 17.9. The highest BCUT2D eigenvalue weighted by Crippen LogP contribution is 2.31. The molecule has 0 aliphatic carbocycles. The molecule has 1 aromatic carbocycles. The van der Waals surface area contributed by atoms with Gasteiger partial charge in [-0.25, -0.2) is 4.68 Å². The van der Waals surface area contributed by atoms with Crippen LogP contribution < -0.4 is 15.8 Å². The van der Waals surface area contributed by atoms with Gasteiger partial charge in [0.2, 0.25) is 11.8 Å². The molecule has 0 bridgehead atoms. The molecule has 1 aromatic heterocycles. The van der Waals surface area contributed by atoms with Crippen LogP contribution in [0.25, 0.3) is 0 Å². The Labute approximate surface area is 154 Å². The van der Waals surface area contributed by atoms with Crippen LogP contribution in [0.15, 0.2) is 52.8 Å². The molecule has 7 nitrogen and oxygen atoms in total. The normalized spacial score (nSPS) is 13.3. The average Bonchev–Trinajstić information content (AvgIpc) is 2.62. The zero-order valence-corrected chi connectivity index (χ0v) is 15.1. The second kappa shape index (κ2) is 7.57. The Balaban J connectivity index is 1.87. The van der Waals surface area contributed by atoms with Gasteiger partial charge in [0.25, 0.3) is 5.56 Å². The molecule has 0 spiro atoms. The fraction of sp³-hybridized carbons (Fsp3) is 0.222. The Bertz CT molecular complexity index is 938. The van der Waals surface area contributed by atoms with Gasteiger partial charge in [-0.15, -0.1) is 18.3 Å². The number of nitrogens with zero attached hydrogens (tertiary/aromatic N) is 3. The van der Waals surface area contributed by atoms with E-state index in [1.54, 1.807) is 12.1 Å². The minimum absolute atomic E-state index is 0.165. The molecule has 0 radical (unpaired) electrons. The third-order valence-electron chi connectivity index (χ3n) is 3.93. The highest BCUT2D eigenvalue weighted by atomic mass is 32.2. The number of carbonyl (C=O) groups is 2. The van der Waals surface area contributed by atoms with Gasteiger partial charge in [-0.2, -0.15) is 5.10 Å². The predicted molar refractivity (Wildman–Crippen MR) is 102 cm³/mol. The fourth-order valence-corrected chi connectivity index (χ4v) is 3.52. The van der Waals surface area contributed by atoms with Crippen LogP contribution in [-0.4, -0.2) is 33.9 Å². The van der Waals surface area contributed by atoms with Gasteiger partial charge in [0.15, 0.2) is 0 Å². The summed E-state index contributed by atoms with van der Waals surface area (Å²) in [6, 6.07) is 7.37. The van der Waals surface area contributed by atoms with E-state index in [4.69, 9.17) is 0 Å². The smallest absolute Gasteiger partial charge is 0.292 e. The van der Waals surface area contributed by atoms with E-state index in [2.05, 4.69) is 17.0 Å². The molecule has 1 N–H and O–H groups in total. The Kier molecular flexibility index (Phi) is 5.22. The first-order chi connectivity index (χ1) is 12.5. The number of aromatic nitrogens is 2. The Hall–Kier alpha value is -2.87. The number of fused-ring (bicyclic) bond motifs is 1. The van der Waals surface area contributed by atoms with Crippen LogP contribution in [-0.2, 0) is 16.1 Å². The van der Waals surface area contributed by atoms with Gasteiger partial charge < -0.3 is 10.2 Å². The van der Waals surface area contributed by atoms with E-state index in [0.717, 1.165) is 10.2 Å². The van der Waals surface area contributed by atoms with Gasteiger partial charge in [0.05, 0.1) is 16.8 Å². The summed E-state index contributed by atoms with van der Waals surface area (Å²) in [6.07, 6.45) is 3.08.